The minimum absolute atomic E-state index is 0.0598. The zero-order chi connectivity index (χ0) is 21.2. The number of hydrogen-bond donors (Lipinski definition) is 3. The standard InChI is InChI=1S/C20H20ClN3O4S/c1-13-11-15(8-9-16(13)21)28-12-19(26)23-24-20(29)22-18(25)10-7-14-5-3-4-6-17(14)27-2/h3-11H,12H2,1-2H3,(H,23,26)(H2,22,24,25,29). The van der Waals surface area contributed by atoms with E-state index in [0.717, 1.165) is 11.1 Å². The molecule has 2 aromatic carbocycles. The van der Waals surface area contributed by atoms with Crippen molar-refractivity contribution in [1.29, 1.82) is 0 Å². The summed E-state index contributed by atoms with van der Waals surface area (Å²) in [5.74, 6) is 0.217. The van der Waals surface area contributed by atoms with Gasteiger partial charge in [0.15, 0.2) is 11.7 Å². The number of benzene rings is 2. The SMILES string of the molecule is COc1ccccc1C=CC(=O)NC(=S)NNC(=O)COc1ccc(Cl)c(C)c1. The number of carbonyl (C=O) groups excluding carboxylic acids is 2. The Morgan fingerprint density at radius 1 is 1.17 bits per heavy atom. The van der Waals surface area contributed by atoms with Gasteiger partial charge in [-0.05, 0) is 55.0 Å². The second kappa shape index (κ2) is 11.0. The number of hydrazine groups is 1. The first kappa shape index (κ1) is 22.2. The Bertz CT molecular complexity index is 934. The topological polar surface area (TPSA) is 88.7 Å². The maximum Gasteiger partial charge on any atom is 0.276 e. The summed E-state index contributed by atoms with van der Waals surface area (Å²) in [5, 5.41) is 2.97. The van der Waals surface area contributed by atoms with E-state index in [1.807, 2.05) is 25.1 Å². The third-order valence-corrected chi connectivity index (χ3v) is 4.23. The van der Waals surface area contributed by atoms with Crippen LogP contribution in [0.4, 0.5) is 0 Å². The van der Waals surface area contributed by atoms with Crippen LogP contribution in [0.15, 0.2) is 48.5 Å². The number of hydrogen-bond acceptors (Lipinski definition) is 5. The Balaban J connectivity index is 1.74. The van der Waals surface area contributed by atoms with Crippen molar-refractivity contribution in [3.05, 3.63) is 64.7 Å². The van der Waals surface area contributed by atoms with Gasteiger partial charge in [0.25, 0.3) is 5.91 Å². The minimum Gasteiger partial charge on any atom is -0.496 e. The molecular formula is C20H20ClN3O4S. The molecule has 9 heteroatoms. The lowest BCUT2D eigenvalue weighted by Crippen LogP contribution is -2.49. The van der Waals surface area contributed by atoms with E-state index in [0.29, 0.717) is 16.5 Å². The van der Waals surface area contributed by atoms with Crippen LogP contribution in [0.3, 0.4) is 0 Å². The number of rotatable bonds is 6. The van der Waals surface area contributed by atoms with Gasteiger partial charge in [-0.15, -0.1) is 0 Å². The van der Waals surface area contributed by atoms with Gasteiger partial charge >= 0.3 is 0 Å². The Morgan fingerprint density at radius 2 is 1.93 bits per heavy atom. The molecule has 0 saturated carbocycles. The van der Waals surface area contributed by atoms with E-state index in [9.17, 15) is 9.59 Å². The Morgan fingerprint density at radius 3 is 2.66 bits per heavy atom. The zero-order valence-corrected chi connectivity index (χ0v) is 17.4. The number of thiocarbonyl (C=S) groups is 1. The first-order valence-electron chi connectivity index (χ1n) is 8.49. The number of para-hydroxylation sites is 1. The highest BCUT2D eigenvalue weighted by atomic mass is 35.5. The normalized spacial score (nSPS) is 10.3. The molecule has 0 fully saturated rings. The number of ether oxygens (including phenoxy) is 2. The summed E-state index contributed by atoms with van der Waals surface area (Å²) < 4.78 is 10.6. The number of nitrogens with one attached hydrogen (secondary N) is 3. The van der Waals surface area contributed by atoms with E-state index in [-0.39, 0.29) is 11.7 Å². The van der Waals surface area contributed by atoms with Crippen LogP contribution in [0.2, 0.25) is 5.02 Å². The first-order valence-corrected chi connectivity index (χ1v) is 9.27. The number of halogens is 1. The summed E-state index contributed by atoms with van der Waals surface area (Å²) in [6.45, 7) is 1.60. The van der Waals surface area contributed by atoms with Crippen LogP contribution < -0.4 is 25.6 Å². The molecule has 152 valence electrons. The number of amides is 2. The Kier molecular flexibility index (Phi) is 8.45. The quantitative estimate of drug-likeness (QED) is 0.369. The molecule has 29 heavy (non-hydrogen) atoms. The molecule has 0 atom stereocenters. The van der Waals surface area contributed by atoms with Gasteiger partial charge in [-0.1, -0.05) is 29.8 Å². The maximum absolute atomic E-state index is 11.9. The van der Waals surface area contributed by atoms with Crippen LogP contribution in [-0.4, -0.2) is 30.6 Å². The van der Waals surface area contributed by atoms with Gasteiger partial charge in [-0.3, -0.25) is 25.8 Å². The molecule has 0 saturated heterocycles. The molecule has 0 spiro atoms. The molecule has 3 N–H and O–H groups in total. The van der Waals surface area contributed by atoms with Crippen LogP contribution >= 0.6 is 23.8 Å². The lowest BCUT2D eigenvalue weighted by molar-refractivity contribution is -0.123. The van der Waals surface area contributed by atoms with Gasteiger partial charge in [-0.25, -0.2) is 0 Å². The van der Waals surface area contributed by atoms with Crippen molar-refractivity contribution in [1.82, 2.24) is 16.2 Å². The van der Waals surface area contributed by atoms with Crippen LogP contribution in [0.1, 0.15) is 11.1 Å². The smallest absolute Gasteiger partial charge is 0.276 e. The molecule has 0 aliphatic heterocycles. The van der Waals surface area contributed by atoms with Crippen molar-refractivity contribution in [3.8, 4) is 11.5 Å². The molecule has 0 heterocycles. The van der Waals surface area contributed by atoms with Crippen molar-refractivity contribution in [2.75, 3.05) is 13.7 Å². The van der Waals surface area contributed by atoms with Crippen LogP contribution in [0, 0.1) is 6.92 Å². The third-order valence-electron chi connectivity index (χ3n) is 3.60. The molecule has 0 bridgehead atoms. The average Bonchev–Trinajstić information content (AvgIpc) is 2.71. The van der Waals surface area contributed by atoms with Crippen molar-refractivity contribution in [2.45, 2.75) is 6.92 Å². The van der Waals surface area contributed by atoms with E-state index >= 15 is 0 Å². The average molecular weight is 434 g/mol. The van der Waals surface area contributed by atoms with Crippen LogP contribution in [0.25, 0.3) is 6.08 Å². The molecule has 2 amide bonds. The van der Waals surface area contributed by atoms with Gasteiger partial charge in [0.05, 0.1) is 7.11 Å². The van der Waals surface area contributed by atoms with Crippen molar-refractivity contribution in [3.63, 3.8) is 0 Å². The highest BCUT2D eigenvalue weighted by Crippen LogP contribution is 2.21. The lowest BCUT2D eigenvalue weighted by Gasteiger charge is -2.11. The van der Waals surface area contributed by atoms with E-state index in [2.05, 4.69) is 16.2 Å². The number of aryl methyl sites for hydroxylation is 1. The zero-order valence-electron chi connectivity index (χ0n) is 15.8. The second-order valence-corrected chi connectivity index (χ2v) is 6.58. The maximum atomic E-state index is 11.9. The first-order chi connectivity index (χ1) is 13.9. The van der Waals surface area contributed by atoms with E-state index in [1.54, 1.807) is 37.5 Å². The predicted octanol–water partition coefficient (Wildman–Crippen LogP) is 2.77. The van der Waals surface area contributed by atoms with Crippen molar-refractivity contribution in [2.24, 2.45) is 0 Å². The summed E-state index contributed by atoms with van der Waals surface area (Å²) in [6.07, 6.45) is 2.90. The predicted molar refractivity (Wildman–Crippen MR) is 116 cm³/mol. The number of carbonyl (C=O) groups is 2. The summed E-state index contributed by atoms with van der Waals surface area (Å²) in [6, 6.07) is 12.3. The van der Waals surface area contributed by atoms with Crippen LogP contribution in [0.5, 0.6) is 11.5 Å². The van der Waals surface area contributed by atoms with Gasteiger partial charge in [0.2, 0.25) is 5.91 Å². The number of methoxy groups -OCH3 is 1. The Hall–Kier alpha value is -3.10. The summed E-state index contributed by atoms with van der Waals surface area (Å²) in [5.41, 5.74) is 6.35. The molecular weight excluding hydrogens is 414 g/mol. The molecule has 0 unspecified atom stereocenters. The van der Waals surface area contributed by atoms with Gasteiger partial charge in [0, 0.05) is 16.7 Å². The molecule has 0 radical (unpaired) electrons. The van der Waals surface area contributed by atoms with E-state index in [1.165, 1.54) is 6.08 Å². The van der Waals surface area contributed by atoms with Crippen molar-refractivity contribution < 1.29 is 19.1 Å². The third kappa shape index (κ3) is 7.44. The molecule has 0 aromatic heterocycles. The van der Waals surface area contributed by atoms with E-state index < -0.39 is 11.8 Å². The van der Waals surface area contributed by atoms with Crippen LogP contribution in [-0.2, 0) is 9.59 Å². The van der Waals surface area contributed by atoms with E-state index in [4.69, 9.17) is 33.3 Å². The fraction of sp³-hybridized carbons (Fsp3) is 0.150. The second-order valence-electron chi connectivity index (χ2n) is 5.77. The summed E-state index contributed by atoms with van der Waals surface area (Å²) >= 11 is 10.9. The van der Waals surface area contributed by atoms with Crippen molar-refractivity contribution >= 4 is 46.8 Å². The highest BCUT2D eigenvalue weighted by molar-refractivity contribution is 7.80. The fourth-order valence-electron chi connectivity index (χ4n) is 2.17. The summed E-state index contributed by atoms with van der Waals surface area (Å²) in [7, 11) is 1.55. The largest absolute Gasteiger partial charge is 0.496 e. The van der Waals surface area contributed by atoms with Gasteiger partial charge in [0.1, 0.15) is 11.5 Å². The molecule has 7 nitrogen and oxygen atoms in total. The minimum atomic E-state index is -0.473. The highest BCUT2D eigenvalue weighted by Gasteiger charge is 2.06. The monoisotopic (exact) mass is 433 g/mol. The molecule has 0 aliphatic carbocycles. The molecule has 0 aliphatic rings. The lowest BCUT2D eigenvalue weighted by atomic mass is 10.2. The fourth-order valence-corrected chi connectivity index (χ4v) is 2.44. The van der Waals surface area contributed by atoms with Gasteiger partial charge in [-0.2, -0.15) is 0 Å². The van der Waals surface area contributed by atoms with Gasteiger partial charge < -0.3 is 9.47 Å². The Labute approximate surface area is 179 Å². The molecule has 2 aromatic rings. The molecule has 2 rings (SSSR count). The summed E-state index contributed by atoms with van der Waals surface area (Å²) in [4.78, 5) is 23.7.